The molecule has 3 nitrogen and oxygen atoms in total. The second-order valence-corrected chi connectivity index (χ2v) is 7.80. The van der Waals surface area contributed by atoms with Crippen molar-refractivity contribution in [3.05, 3.63) is 48.0 Å². The second kappa shape index (κ2) is 5.79. The average Bonchev–Trinajstić information content (AvgIpc) is 2.89. The second-order valence-electron chi connectivity index (χ2n) is 7.80. The summed E-state index contributed by atoms with van der Waals surface area (Å²) in [5, 5.41) is 0. The van der Waals surface area contributed by atoms with E-state index in [4.69, 9.17) is 9.47 Å². The van der Waals surface area contributed by atoms with Gasteiger partial charge in [-0.1, -0.05) is 30.4 Å². The molecule has 0 spiro atoms. The summed E-state index contributed by atoms with van der Waals surface area (Å²) in [7, 11) is 0. The first-order chi connectivity index (χ1) is 10.8. The molecule has 1 saturated carbocycles. The lowest BCUT2D eigenvalue weighted by Crippen LogP contribution is -2.45. The maximum atomic E-state index is 12.2. The van der Waals surface area contributed by atoms with Crippen molar-refractivity contribution in [1.29, 1.82) is 0 Å². The number of hydrogen-bond donors (Lipinski definition) is 0. The smallest absolute Gasteiger partial charge is 0.338 e. The molecule has 0 N–H and O–H groups in total. The number of fused-ring (bicyclic) bond motifs is 2. The van der Waals surface area contributed by atoms with E-state index in [9.17, 15) is 4.79 Å². The van der Waals surface area contributed by atoms with Crippen LogP contribution in [0.2, 0.25) is 0 Å². The standard InChI is InChI=1S/C20H26O3/c1-14(2)16-10-20(11-17(16)19(3,4)23-13-20)12-22-18(21)15-8-6-5-7-9-15/h5-9,16-17H,1,10-13H2,2-4H3/t16-,17+,20-/m0/s1. The van der Waals surface area contributed by atoms with E-state index in [1.807, 2.05) is 18.2 Å². The van der Waals surface area contributed by atoms with Gasteiger partial charge in [0.15, 0.2) is 0 Å². The summed E-state index contributed by atoms with van der Waals surface area (Å²) < 4.78 is 11.8. The summed E-state index contributed by atoms with van der Waals surface area (Å²) in [6.45, 7) is 11.7. The van der Waals surface area contributed by atoms with Crippen molar-refractivity contribution in [3.8, 4) is 0 Å². The van der Waals surface area contributed by atoms with E-state index in [0.717, 1.165) is 12.8 Å². The minimum atomic E-state index is -0.250. The van der Waals surface area contributed by atoms with Crippen LogP contribution in [0.25, 0.3) is 0 Å². The Hall–Kier alpha value is -1.61. The Bertz CT molecular complexity index is 605. The van der Waals surface area contributed by atoms with Crippen LogP contribution < -0.4 is 0 Å². The van der Waals surface area contributed by atoms with E-state index < -0.39 is 0 Å². The Balaban J connectivity index is 1.71. The molecule has 2 aliphatic rings. The van der Waals surface area contributed by atoms with Gasteiger partial charge in [0.25, 0.3) is 0 Å². The Morgan fingerprint density at radius 2 is 2.00 bits per heavy atom. The zero-order valence-electron chi connectivity index (χ0n) is 14.3. The first-order valence-electron chi connectivity index (χ1n) is 8.35. The van der Waals surface area contributed by atoms with Gasteiger partial charge in [0.1, 0.15) is 0 Å². The molecule has 2 bridgehead atoms. The molecule has 3 atom stereocenters. The largest absolute Gasteiger partial charge is 0.461 e. The van der Waals surface area contributed by atoms with Crippen molar-refractivity contribution < 1.29 is 14.3 Å². The lowest BCUT2D eigenvalue weighted by atomic mass is 9.77. The van der Waals surface area contributed by atoms with Crippen LogP contribution in [0.5, 0.6) is 0 Å². The van der Waals surface area contributed by atoms with Crippen molar-refractivity contribution in [2.45, 2.75) is 39.2 Å². The molecule has 1 aliphatic heterocycles. The van der Waals surface area contributed by atoms with E-state index in [0.29, 0.717) is 30.6 Å². The molecule has 124 valence electrons. The molecule has 1 aromatic rings. The van der Waals surface area contributed by atoms with Gasteiger partial charge in [0, 0.05) is 5.41 Å². The average molecular weight is 314 g/mol. The van der Waals surface area contributed by atoms with Gasteiger partial charge >= 0.3 is 5.97 Å². The van der Waals surface area contributed by atoms with E-state index in [-0.39, 0.29) is 17.0 Å². The number of rotatable bonds is 4. The van der Waals surface area contributed by atoms with Gasteiger partial charge in [-0.15, -0.1) is 0 Å². The molecule has 0 radical (unpaired) electrons. The Morgan fingerprint density at radius 3 is 2.65 bits per heavy atom. The van der Waals surface area contributed by atoms with Gasteiger partial charge in [0.2, 0.25) is 0 Å². The highest BCUT2D eigenvalue weighted by Crippen LogP contribution is 2.56. The van der Waals surface area contributed by atoms with Crippen LogP contribution >= 0.6 is 0 Å². The van der Waals surface area contributed by atoms with Crippen LogP contribution in [0, 0.1) is 17.3 Å². The van der Waals surface area contributed by atoms with Crippen LogP contribution in [0.1, 0.15) is 44.0 Å². The Kier molecular flexibility index (Phi) is 4.09. The Morgan fingerprint density at radius 1 is 1.30 bits per heavy atom. The van der Waals surface area contributed by atoms with Crippen molar-refractivity contribution in [1.82, 2.24) is 0 Å². The van der Waals surface area contributed by atoms with Crippen LogP contribution in [0.15, 0.2) is 42.5 Å². The minimum absolute atomic E-state index is 0.0613. The molecule has 0 unspecified atom stereocenters. The lowest BCUT2D eigenvalue weighted by molar-refractivity contribution is -0.136. The fourth-order valence-corrected chi connectivity index (χ4v) is 4.15. The van der Waals surface area contributed by atoms with E-state index >= 15 is 0 Å². The molecule has 0 amide bonds. The van der Waals surface area contributed by atoms with Crippen LogP contribution in [0.3, 0.4) is 0 Å². The summed E-state index contributed by atoms with van der Waals surface area (Å²) in [5.74, 6) is 0.646. The van der Waals surface area contributed by atoms with Gasteiger partial charge in [-0.05, 0) is 57.6 Å². The normalized spacial score (nSPS) is 31.6. The number of ether oxygens (including phenoxy) is 2. The molecule has 1 saturated heterocycles. The highest BCUT2D eigenvalue weighted by atomic mass is 16.5. The van der Waals surface area contributed by atoms with Gasteiger partial charge in [-0.3, -0.25) is 0 Å². The zero-order chi connectivity index (χ0) is 16.7. The number of benzene rings is 1. The van der Waals surface area contributed by atoms with Crippen LogP contribution in [0.4, 0.5) is 0 Å². The predicted octanol–water partition coefficient (Wildman–Crippen LogP) is 4.24. The minimum Gasteiger partial charge on any atom is -0.461 e. The van der Waals surface area contributed by atoms with E-state index in [2.05, 4.69) is 27.4 Å². The number of hydrogen-bond acceptors (Lipinski definition) is 3. The molecule has 23 heavy (non-hydrogen) atoms. The molecule has 1 heterocycles. The van der Waals surface area contributed by atoms with E-state index in [1.165, 1.54) is 5.57 Å². The van der Waals surface area contributed by atoms with Crippen LogP contribution in [-0.2, 0) is 9.47 Å². The summed E-state index contributed by atoms with van der Waals surface area (Å²) in [6, 6.07) is 9.17. The number of allylic oxidation sites excluding steroid dienone is 1. The Labute approximate surface area is 138 Å². The lowest BCUT2D eigenvalue weighted by Gasteiger charge is -2.42. The molecule has 1 aromatic carbocycles. The topological polar surface area (TPSA) is 35.5 Å². The zero-order valence-corrected chi connectivity index (χ0v) is 14.3. The predicted molar refractivity (Wildman–Crippen MR) is 90.2 cm³/mol. The van der Waals surface area contributed by atoms with Crippen molar-refractivity contribution in [3.63, 3.8) is 0 Å². The number of esters is 1. The third-order valence-electron chi connectivity index (χ3n) is 5.59. The maximum absolute atomic E-state index is 12.2. The fraction of sp³-hybridized carbons (Fsp3) is 0.550. The highest BCUT2D eigenvalue weighted by molar-refractivity contribution is 5.89. The highest BCUT2D eigenvalue weighted by Gasteiger charge is 2.56. The molecule has 3 rings (SSSR count). The van der Waals surface area contributed by atoms with Crippen molar-refractivity contribution in [2.24, 2.45) is 17.3 Å². The first-order valence-corrected chi connectivity index (χ1v) is 8.35. The monoisotopic (exact) mass is 314 g/mol. The summed E-state index contributed by atoms with van der Waals surface area (Å²) >= 11 is 0. The molecular formula is C20H26O3. The molecular weight excluding hydrogens is 288 g/mol. The number of carbonyl (C=O) groups excluding carboxylic acids is 1. The summed E-state index contributed by atoms with van der Waals surface area (Å²) in [5.41, 5.74) is 1.62. The van der Waals surface area contributed by atoms with Gasteiger partial charge in [-0.2, -0.15) is 0 Å². The molecule has 0 aromatic heterocycles. The third-order valence-corrected chi connectivity index (χ3v) is 5.59. The fourth-order valence-electron chi connectivity index (χ4n) is 4.15. The summed E-state index contributed by atoms with van der Waals surface area (Å²) in [4.78, 5) is 12.2. The van der Waals surface area contributed by atoms with Crippen molar-refractivity contribution in [2.75, 3.05) is 13.2 Å². The molecule has 2 fully saturated rings. The van der Waals surface area contributed by atoms with Gasteiger partial charge in [0.05, 0.1) is 24.4 Å². The summed E-state index contributed by atoms with van der Waals surface area (Å²) in [6.07, 6.45) is 2.04. The third kappa shape index (κ3) is 3.07. The van der Waals surface area contributed by atoms with Gasteiger partial charge in [-0.25, -0.2) is 4.79 Å². The number of carbonyl (C=O) groups is 1. The first kappa shape index (κ1) is 16.3. The molecule has 3 heteroatoms. The van der Waals surface area contributed by atoms with Gasteiger partial charge < -0.3 is 9.47 Å². The SMILES string of the molecule is C=C(C)[C@@H]1C[C@]2(COC(=O)c3ccccc3)COC(C)(C)[C@@H]1C2. The molecule has 1 aliphatic carbocycles. The van der Waals surface area contributed by atoms with E-state index in [1.54, 1.807) is 12.1 Å². The van der Waals surface area contributed by atoms with Crippen LogP contribution in [-0.4, -0.2) is 24.8 Å². The quantitative estimate of drug-likeness (QED) is 0.616. The maximum Gasteiger partial charge on any atom is 0.338 e. The van der Waals surface area contributed by atoms with Crippen molar-refractivity contribution >= 4 is 5.97 Å².